The largest absolute Gasteiger partial charge is 0.378 e. The number of hydrogen-bond donors (Lipinski definition) is 0. The van der Waals surface area contributed by atoms with Crippen LogP contribution in [0.1, 0.15) is 6.42 Å². The SMILES string of the molecule is CSCO[C@H]1CCOC[C@H]1F. The van der Waals surface area contributed by atoms with E-state index in [9.17, 15) is 4.39 Å². The third-order valence-corrected chi connectivity index (χ3v) is 2.00. The average molecular weight is 180 g/mol. The van der Waals surface area contributed by atoms with E-state index in [0.717, 1.165) is 0 Å². The molecule has 4 heteroatoms. The number of halogens is 1. The zero-order chi connectivity index (χ0) is 8.10. The summed E-state index contributed by atoms with van der Waals surface area (Å²) >= 11 is 1.57. The van der Waals surface area contributed by atoms with Gasteiger partial charge >= 0.3 is 0 Å². The van der Waals surface area contributed by atoms with E-state index in [1.165, 1.54) is 0 Å². The number of ether oxygens (including phenoxy) is 2. The second-order valence-electron chi connectivity index (χ2n) is 2.49. The molecule has 2 nitrogen and oxygen atoms in total. The second kappa shape index (κ2) is 4.95. The molecule has 0 N–H and O–H groups in total. The summed E-state index contributed by atoms with van der Waals surface area (Å²) in [5.74, 6) is 0.574. The highest BCUT2D eigenvalue weighted by Gasteiger charge is 2.25. The molecule has 0 amide bonds. The van der Waals surface area contributed by atoms with Crippen molar-refractivity contribution in [1.82, 2.24) is 0 Å². The van der Waals surface area contributed by atoms with Gasteiger partial charge in [0.1, 0.15) is 6.17 Å². The van der Waals surface area contributed by atoms with Gasteiger partial charge in [0.15, 0.2) is 0 Å². The summed E-state index contributed by atoms with van der Waals surface area (Å²) in [7, 11) is 0. The van der Waals surface area contributed by atoms with Gasteiger partial charge in [-0.2, -0.15) is 0 Å². The van der Waals surface area contributed by atoms with Crippen molar-refractivity contribution in [3.63, 3.8) is 0 Å². The normalized spacial score (nSPS) is 32.2. The maximum absolute atomic E-state index is 12.9. The Labute approximate surface area is 70.4 Å². The van der Waals surface area contributed by atoms with Crippen LogP contribution in [0.3, 0.4) is 0 Å². The maximum atomic E-state index is 12.9. The Morgan fingerprint density at radius 1 is 1.73 bits per heavy atom. The summed E-state index contributed by atoms with van der Waals surface area (Å²) in [6.45, 7) is 0.818. The molecule has 1 heterocycles. The minimum Gasteiger partial charge on any atom is -0.378 e. The third kappa shape index (κ3) is 2.97. The van der Waals surface area contributed by atoms with Gasteiger partial charge in [-0.1, -0.05) is 0 Å². The Morgan fingerprint density at radius 3 is 3.18 bits per heavy atom. The smallest absolute Gasteiger partial charge is 0.149 e. The molecule has 0 radical (unpaired) electrons. The van der Waals surface area contributed by atoms with Gasteiger partial charge in [-0.3, -0.25) is 0 Å². The summed E-state index contributed by atoms with van der Waals surface area (Å²) in [6.07, 6.45) is 1.45. The number of alkyl halides is 1. The van der Waals surface area contributed by atoms with Crippen LogP contribution >= 0.6 is 11.8 Å². The summed E-state index contributed by atoms with van der Waals surface area (Å²) in [5, 5.41) is 0. The molecule has 2 atom stereocenters. The molecule has 0 aromatic rings. The van der Waals surface area contributed by atoms with Gasteiger partial charge in [-0.15, -0.1) is 11.8 Å². The van der Waals surface area contributed by atoms with Crippen LogP contribution in [0.25, 0.3) is 0 Å². The molecule has 0 aromatic carbocycles. The van der Waals surface area contributed by atoms with Gasteiger partial charge in [-0.05, 0) is 12.7 Å². The van der Waals surface area contributed by atoms with Gasteiger partial charge in [0.2, 0.25) is 0 Å². The van der Waals surface area contributed by atoms with Crippen LogP contribution in [0.15, 0.2) is 0 Å². The molecule has 11 heavy (non-hydrogen) atoms. The molecule has 1 rings (SSSR count). The van der Waals surface area contributed by atoms with Gasteiger partial charge in [0, 0.05) is 6.61 Å². The predicted molar refractivity (Wildman–Crippen MR) is 43.6 cm³/mol. The van der Waals surface area contributed by atoms with Crippen molar-refractivity contribution in [3.05, 3.63) is 0 Å². The first-order valence-corrected chi connectivity index (χ1v) is 5.06. The third-order valence-electron chi connectivity index (χ3n) is 1.63. The van der Waals surface area contributed by atoms with Crippen LogP contribution in [-0.2, 0) is 9.47 Å². The van der Waals surface area contributed by atoms with Crippen molar-refractivity contribution in [3.8, 4) is 0 Å². The monoisotopic (exact) mass is 180 g/mol. The summed E-state index contributed by atoms with van der Waals surface area (Å²) in [4.78, 5) is 0. The molecular formula is C7H13FO2S. The van der Waals surface area contributed by atoms with E-state index in [-0.39, 0.29) is 12.7 Å². The van der Waals surface area contributed by atoms with Crippen LogP contribution in [0.2, 0.25) is 0 Å². The fourth-order valence-corrected chi connectivity index (χ4v) is 1.34. The van der Waals surface area contributed by atoms with Gasteiger partial charge < -0.3 is 9.47 Å². The van der Waals surface area contributed by atoms with Crippen LogP contribution in [0, 0.1) is 0 Å². The Kier molecular flexibility index (Phi) is 4.18. The van der Waals surface area contributed by atoms with E-state index in [0.29, 0.717) is 19.0 Å². The molecular weight excluding hydrogens is 167 g/mol. The topological polar surface area (TPSA) is 18.5 Å². The van der Waals surface area contributed by atoms with Crippen molar-refractivity contribution >= 4 is 11.8 Å². The first kappa shape index (κ1) is 9.29. The predicted octanol–water partition coefficient (Wildman–Crippen LogP) is 1.45. The van der Waals surface area contributed by atoms with Crippen molar-refractivity contribution in [1.29, 1.82) is 0 Å². The van der Waals surface area contributed by atoms with E-state index >= 15 is 0 Å². The molecule has 1 aliphatic rings. The van der Waals surface area contributed by atoms with E-state index in [2.05, 4.69) is 0 Å². The Balaban J connectivity index is 2.18. The first-order chi connectivity index (χ1) is 5.34. The minimum atomic E-state index is -0.934. The minimum absolute atomic E-state index is 0.193. The summed E-state index contributed by atoms with van der Waals surface area (Å²) in [6, 6.07) is 0. The number of hydrogen-bond acceptors (Lipinski definition) is 3. The Bertz CT molecular complexity index is 113. The van der Waals surface area contributed by atoms with E-state index in [4.69, 9.17) is 9.47 Å². The number of rotatable bonds is 3. The molecule has 0 bridgehead atoms. The highest BCUT2D eigenvalue weighted by molar-refractivity contribution is 7.98. The van der Waals surface area contributed by atoms with Gasteiger partial charge in [-0.25, -0.2) is 4.39 Å². The second-order valence-corrected chi connectivity index (χ2v) is 3.30. The molecule has 1 aliphatic heterocycles. The highest BCUT2D eigenvalue weighted by Crippen LogP contribution is 2.15. The van der Waals surface area contributed by atoms with Gasteiger partial charge in [0.05, 0.1) is 18.6 Å². The van der Waals surface area contributed by atoms with Crippen LogP contribution in [0.5, 0.6) is 0 Å². The van der Waals surface area contributed by atoms with Crippen LogP contribution in [-0.4, -0.2) is 37.7 Å². The Morgan fingerprint density at radius 2 is 2.55 bits per heavy atom. The maximum Gasteiger partial charge on any atom is 0.149 e. The molecule has 0 spiro atoms. The molecule has 0 aliphatic carbocycles. The lowest BCUT2D eigenvalue weighted by Crippen LogP contribution is -2.35. The quantitative estimate of drug-likeness (QED) is 0.612. The highest BCUT2D eigenvalue weighted by atomic mass is 32.2. The van der Waals surface area contributed by atoms with Crippen molar-refractivity contribution in [2.75, 3.05) is 25.4 Å². The average Bonchev–Trinajstić information content (AvgIpc) is 2.03. The molecule has 0 unspecified atom stereocenters. The molecule has 0 saturated carbocycles. The lowest BCUT2D eigenvalue weighted by molar-refractivity contribution is -0.0718. The first-order valence-electron chi connectivity index (χ1n) is 3.67. The molecule has 1 fully saturated rings. The van der Waals surface area contributed by atoms with Crippen LogP contribution in [0.4, 0.5) is 4.39 Å². The Hall–Kier alpha value is 0.200. The fraction of sp³-hybridized carbons (Fsp3) is 1.00. The van der Waals surface area contributed by atoms with Crippen molar-refractivity contribution in [2.24, 2.45) is 0 Å². The summed E-state index contributed by atoms with van der Waals surface area (Å²) < 4.78 is 23.1. The molecule has 0 aromatic heterocycles. The zero-order valence-electron chi connectivity index (χ0n) is 6.59. The summed E-state index contributed by atoms with van der Waals surface area (Å²) in [5.41, 5.74) is 0. The standard InChI is InChI=1S/C7H13FO2S/c1-11-5-10-7-2-3-9-4-6(7)8/h6-7H,2-5H2,1H3/t6-,7+/m1/s1. The fourth-order valence-electron chi connectivity index (χ4n) is 1.03. The van der Waals surface area contributed by atoms with E-state index in [1.54, 1.807) is 11.8 Å². The van der Waals surface area contributed by atoms with Crippen LogP contribution < -0.4 is 0 Å². The number of thioether (sulfide) groups is 1. The van der Waals surface area contributed by atoms with Crippen molar-refractivity contribution in [2.45, 2.75) is 18.7 Å². The van der Waals surface area contributed by atoms with Gasteiger partial charge in [0.25, 0.3) is 0 Å². The lowest BCUT2D eigenvalue weighted by atomic mass is 10.1. The van der Waals surface area contributed by atoms with E-state index < -0.39 is 6.17 Å². The van der Waals surface area contributed by atoms with Crippen molar-refractivity contribution < 1.29 is 13.9 Å². The molecule has 66 valence electrons. The molecule has 1 saturated heterocycles. The van der Waals surface area contributed by atoms with E-state index in [1.807, 2.05) is 6.26 Å². The lowest BCUT2D eigenvalue weighted by Gasteiger charge is -2.25. The zero-order valence-corrected chi connectivity index (χ0v) is 7.40.